The first-order valence-electron chi connectivity index (χ1n) is 7.13. The molecule has 1 saturated heterocycles. The van der Waals surface area contributed by atoms with Crippen LogP contribution in [0.4, 0.5) is 0 Å². The van der Waals surface area contributed by atoms with Crippen LogP contribution in [0, 0.1) is 0 Å². The summed E-state index contributed by atoms with van der Waals surface area (Å²) in [4.78, 5) is 23.6. The van der Waals surface area contributed by atoms with Crippen molar-refractivity contribution in [2.24, 2.45) is 0 Å². The van der Waals surface area contributed by atoms with Crippen LogP contribution in [0.1, 0.15) is 53.4 Å². The quantitative estimate of drug-likeness (QED) is 0.718. The molecule has 0 bridgehead atoms. The summed E-state index contributed by atoms with van der Waals surface area (Å²) in [6.45, 7) is 8.53. The lowest BCUT2D eigenvalue weighted by Crippen LogP contribution is -2.50. The predicted octanol–water partition coefficient (Wildman–Crippen LogP) is 1.36. The lowest BCUT2D eigenvalue weighted by atomic mass is 10.1. The lowest BCUT2D eigenvalue weighted by molar-refractivity contribution is -0.129. The highest BCUT2D eigenvalue weighted by atomic mass is 35.5. The van der Waals surface area contributed by atoms with Crippen LogP contribution in [0.15, 0.2) is 0 Å². The number of hydrogen-bond donors (Lipinski definition) is 3. The Morgan fingerprint density at radius 1 is 1.35 bits per heavy atom. The Morgan fingerprint density at radius 3 is 2.50 bits per heavy atom. The standard InChI is InChI=1S/C14H27N3O2.ClH/c1-10(13(19)17-14(2,3)4)16-12(18)8-7-11-6-5-9-15-11;/h10-11,15H,5-9H2,1-4H3,(H,16,18)(H,17,19);1H. The number of rotatable bonds is 5. The maximum absolute atomic E-state index is 11.8. The first kappa shape index (κ1) is 19.2. The molecule has 1 fully saturated rings. The molecule has 1 aliphatic heterocycles. The average Bonchev–Trinajstić information content (AvgIpc) is 2.76. The summed E-state index contributed by atoms with van der Waals surface area (Å²) in [7, 11) is 0. The van der Waals surface area contributed by atoms with Gasteiger partial charge in [-0.1, -0.05) is 0 Å². The van der Waals surface area contributed by atoms with Crippen LogP contribution >= 0.6 is 12.4 Å². The minimum atomic E-state index is -0.483. The summed E-state index contributed by atoms with van der Waals surface area (Å²) in [5.74, 6) is -0.190. The Balaban J connectivity index is 0.00000361. The molecule has 0 spiro atoms. The fraction of sp³-hybridized carbons (Fsp3) is 0.857. The second-order valence-electron chi connectivity index (χ2n) is 6.36. The minimum absolute atomic E-state index is 0. The smallest absolute Gasteiger partial charge is 0.242 e. The normalized spacial score (nSPS) is 19.9. The van der Waals surface area contributed by atoms with E-state index in [4.69, 9.17) is 0 Å². The molecular formula is C14H28ClN3O2. The van der Waals surface area contributed by atoms with Gasteiger partial charge in [0.15, 0.2) is 0 Å². The van der Waals surface area contributed by atoms with Gasteiger partial charge in [0.25, 0.3) is 0 Å². The number of halogens is 1. The summed E-state index contributed by atoms with van der Waals surface area (Å²) in [5.41, 5.74) is -0.274. The van der Waals surface area contributed by atoms with Crippen LogP contribution in [0.2, 0.25) is 0 Å². The highest BCUT2D eigenvalue weighted by Gasteiger charge is 2.21. The van der Waals surface area contributed by atoms with Crippen molar-refractivity contribution >= 4 is 24.2 Å². The van der Waals surface area contributed by atoms with E-state index in [1.807, 2.05) is 20.8 Å². The van der Waals surface area contributed by atoms with Gasteiger partial charge in [-0.05, 0) is 53.5 Å². The number of hydrogen-bond acceptors (Lipinski definition) is 3. The van der Waals surface area contributed by atoms with Crippen molar-refractivity contribution in [2.75, 3.05) is 6.54 Å². The molecule has 0 aromatic carbocycles. The minimum Gasteiger partial charge on any atom is -0.350 e. The van der Waals surface area contributed by atoms with Gasteiger partial charge < -0.3 is 16.0 Å². The molecule has 118 valence electrons. The van der Waals surface area contributed by atoms with Gasteiger partial charge in [-0.25, -0.2) is 0 Å². The fourth-order valence-corrected chi connectivity index (χ4v) is 2.17. The lowest BCUT2D eigenvalue weighted by Gasteiger charge is -2.23. The van der Waals surface area contributed by atoms with E-state index in [-0.39, 0.29) is 29.8 Å². The number of amides is 2. The summed E-state index contributed by atoms with van der Waals surface area (Å²) in [5, 5.41) is 8.96. The maximum atomic E-state index is 11.8. The van der Waals surface area contributed by atoms with Gasteiger partial charge in [0.05, 0.1) is 0 Å². The Hall–Kier alpha value is -0.810. The van der Waals surface area contributed by atoms with Gasteiger partial charge in [-0.2, -0.15) is 0 Å². The third-order valence-electron chi connectivity index (χ3n) is 3.15. The molecule has 3 N–H and O–H groups in total. The second-order valence-corrected chi connectivity index (χ2v) is 6.36. The van der Waals surface area contributed by atoms with Crippen molar-refractivity contribution in [2.45, 2.75) is 71.0 Å². The molecule has 0 aliphatic carbocycles. The zero-order valence-electron chi connectivity index (χ0n) is 12.9. The van der Waals surface area contributed by atoms with E-state index in [9.17, 15) is 9.59 Å². The van der Waals surface area contributed by atoms with E-state index in [0.29, 0.717) is 12.5 Å². The summed E-state index contributed by atoms with van der Waals surface area (Å²) in [6.07, 6.45) is 3.66. The molecule has 1 aliphatic rings. The Morgan fingerprint density at radius 2 is 2.00 bits per heavy atom. The van der Waals surface area contributed by atoms with E-state index >= 15 is 0 Å². The third kappa shape index (κ3) is 7.70. The van der Waals surface area contributed by atoms with Crippen molar-refractivity contribution in [3.05, 3.63) is 0 Å². The zero-order valence-corrected chi connectivity index (χ0v) is 13.7. The van der Waals surface area contributed by atoms with Crippen LogP contribution in [0.5, 0.6) is 0 Å². The first-order chi connectivity index (χ1) is 8.78. The largest absolute Gasteiger partial charge is 0.350 e. The summed E-state index contributed by atoms with van der Waals surface area (Å²) >= 11 is 0. The summed E-state index contributed by atoms with van der Waals surface area (Å²) < 4.78 is 0. The predicted molar refractivity (Wildman–Crippen MR) is 83.0 cm³/mol. The van der Waals surface area contributed by atoms with Crippen LogP contribution in [0.3, 0.4) is 0 Å². The fourth-order valence-electron chi connectivity index (χ4n) is 2.17. The molecule has 20 heavy (non-hydrogen) atoms. The molecule has 5 nitrogen and oxygen atoms in total. The van der Waals surface area contributed by atoms with Crippen LogP contribution in [-0.4, -0.2) is 36.0 Å². The molecule has 0 aromatic heterocycles. The van der Waals surface area contributed by atoms with Gasteiger partial charge in [0.2, 0.25) is 11.8 Å². The van der Waals surface area contributed by atoms with E-state index in [2.05, 4.69) is 16.0 Å². The van der Waals surface area contributed by atoms with Crippen molar-refractivity contribution in [3.8, 4) is 0 Å². The average molecular weight is 306 g/mol. The van der Waals surface area contributed by atoms with Crippen LogP contribution in [-0.2, 0) is 9.59 Å². The zero-order chi connectivity index (χ0) is 14.5. The molecule has 0 aromatic rings. The van der Waals surface area contributed by atoms with Crippen molar-refractivity contribution in [1.29, 1.82) is 0 Å². The number of carbonyl (C=O) groups excluding carboxylic acids is 2. The molecule has 2 amide bonds. The molecule has 2 unspecified atom stereocenters. The highest BCUT2D eigenvalue weighted by molar-refractivity contribution is 5.87. The molecule has 2 atom stereocenters. The maximum Gasteiger partial charge on any atom is 0.242 e. The monoisotopic (exact) mass is 305 g/mol. The number of carbonyl (C=O) groups is 2. The van der Waals surface area contributed by atoms with Gasteiger partial charge in [-0.15, -0.1) is 12.4 Å². The molecule has 6 heteroatoms. The Kier molecular flexibility index (Phi) is 8.13. The topological polar surface area (TPSA) is 70.2 Å². The Labute approximate surface area is 128 Å². The van der Waals surface area contributed by atoms with Gasteiger partial charge in [-0.3, -0.25) is 9.59 Å². The first-order valence-corrected chi connectivity index (χ1v) is 7.13. The highest BCUT2D eigenvalue weighted by Crippen LogP contribution is 2.10. The van der Waals surface area contributed by atoms with Gasteiger partial charge in [0, 0.05) is 18.0 Å². The second kappa shape index (κ2) is 8.47. The van der Waals surface area contributed by atoms with E-state index < -0.39 is 6.04 Å². The molecule has 0 radical (unpaired) electrons. The number of nitrogens with one attached hydrogen (secondary N) is 3. The van der Waals surface area contributed by atoms with Crippen LogP contribution < -0.4 is 16.0 Å². The SMILES string of the molecule is CC(NC(=O)CCC1CCCN1)C(=O)NC(C)(C)C.Cl. The van der Waals surface area contributed by atoms with Crippen LogP contribution in [0.25, 0.3) is 0 Å². The van der Waals surface area contributed by atoms with Crippen molar-refractivity contribution < 1.29 is 9.59 Å². The van der Waals surface area contributed by atoms with E-state index in [1.165, 1.54) is 6.42 Å². The van der Waals surface area contributed by atoms with E-state index in [0.717, 1.165) is 19.4 Å². The Bertz CT molecular complexity index is 323. The van der Waals surface area contributed by atoms with Crippen molar-refractivity contribution in [1.82, 2.24) is 16.0 Å². The molecule has 1 rings (SSSR count). The van der Waals surface area contributed by atoms with Gasteiger partial charge >= 0.3 is 0 Å². The molecule has 1 heterocycles. The summed E-state index contributed by atoms with van der Waals surface area (Å²) in [6, 6.07) is -0.0206. The van der Waals surface area contributed by atoms with Gasteiger partial charge in [0.1, 0.15) is 6.04 Å². The third-order valence-corrected chi connectivity index (χ3v) is 3.15. The molecule has 0 saturated carbocycles. The molecular weight excluding hydrogens is 278 g/mol. The van der Waals surface area contributed by atoms with E-state index in [1.54, 1.807) is 6.92 Å². The van der Waals surface area contributed by atoms with Crippen molar-refractivity contribution in [3.63, 3.8) is 0 Å².